The lowest BCUT2D eigenvalue weighted by molar-refractivity contribution is 0.281. The van der Waals surface area contributed by atoms with Gasteiger partial charge in [-0.1, -0.05) is 55.3 Å². The van der Waals surface area contributed by atoms with Crippen LogP contribution in [0.1, 0.15) is 47.0 Å². The van der Waals surface area contributed by atoms with Crippen LogP contribution in [0.4, 0.5) is 0 Å². The number of rotatable bonds is 7. The highest BCUT2D eigenvalue weighted by molar-refractivity contribution is 7.85. The van der Waals surface area contributed by atoms with Crippen LogP contribution in [0, 0.1) is 29.6 Å². The van der Waals surface area contributed by atoms with E-state index in [1.54, 1.807) is 36.5 Å². The fraction of sp³-hybridized carbons (Fsp3) is 0.207. The third-order valence-corrected chi connectivity index (χ3v) is 7.26. The lowest BCUT2D eigenvalue weighted by Gasteiger charge is -2.13. The molecule has 2 aromatic heterocycles. The maximum absolute atomic E-state index is 10.4. The van der Waals surface area contributed by atoms with Crippen molar-refractivity contribution in [1.29, 1.82) is 10.5 Å². The molecule has 4 rings (SSSR count). The van der Waals surface area contributed by atoms with Crippen molar-refractivity contribution in [2.45, 2.75) is 44.7 Å². The maximum atomic E-state index is 10.4. The Morgan fingerprint density at radius 2 is 1.72 bits per heavy atom. The van der Waals surface area contributed by atoms with Crippen LogP contribution in [0.2, 0.25) is 5.15 Å². The summed E-state index contributed by atoms with van der Waals surface area (Å²) in [5, 5.41) is 28.8. The molecule has 2 aromatic carbocycles. The summed E-state index contributed by atoms with van der Waals surface area (Å²) in [6.07, 6.45) is 3.38. The Kier molecular flexibility index (Phi) is 10.00. The molecule has 200 valence electrons. The van der Waals surface area contributed by atoms with E-state index >= 15 is 0 Å². The molecule has 0 saturated carbocycles. The van der Waals surface area contributed by atoms with Gasteiger partial charge in [-0.15, -0.1) is 0 Å². The number of halogens is 1. The average Bonchev–Trinajstić information content (AvgIpc) is 3.20. The largest absolute Gasteiger partial charge is 0.392 e. The van der Waals surface area contributed by atoms with Gasteiger partial charge in [0, 0.05) is 35.3 Å². The summed E-state index contributed by atoms with van der Waals surface area (Å²) in [6.45, 7) is 4.45. The van der Waals surface area contributed by atoms with Crippen LogP contribution in [0.3, 0.4) is 0 Å². The third kappa shape index (κ3) is 7.11. The van der Waals surface area contributed by atoms with E-state index in [1.807, 2.05) is 25.1 Å². The minimum atomic E-state index is -4.00. The Hall–Kier alpha value is -3.99. The van der Waals surface area contributed by atoms with Crippen molar-refractivity contribution in [3.63, 3.8) is 0 Å². The number of benzene rings is 2. The van der Waals surface area contributed by atoms with Crippen molar-refractivity contribution in [2.24, 2.45) is 0 Å². The fourth-order valence-electron chi connectivity index (χ4n) is 4.21. The third-order valence-electron chi connectivity index (χ3n) is 6.05. The predicted octanol–water partition coefficient (Wildman–Crippen LogP) is 5.68. The van der Waals surface area contributed by atoms with Crippen molar-refractivity contribution in [3.8, 4) is 23.3 Å². The van der Waals surface area contributed by atoms with Gasteiger partial charge in [-0.05, 0) is 54.8 Å². The first kappa shape index (κ1) is 29.6. The minimum Gasteiger partial charge on any atom is -0.392 e. The number of pyridine rings is 1. The normalized spacial score (nSPS) is 10.7. The molecule has 0 amide bonds. The molecule has 0 fully saturated rings. The topological polar surface area (TPSA) is 140 Å². The maximum Gasteiger partial charge on any atom is 0.294 e. The lowest BCUT2D eigenvalue weighted by atomic mass is 9.99. The second-order valence-corrected chi connectivity index (χ2v) is 10.4. The van der Waals surface area contributed by atoms with Crippen molar-refractivity contribution < 1.29 is 18.1 Å². The SMILES string of the molecule is CCCc1c(C#N)c(-c2ccc(C#N)cc2)c(C)n1Cc1cnc(Cl)c(CO)c1.O=S(=O)(O)c1ccccc1. The molecule has 0 aliphatic rings. The summed E-state index contributed by atoms with van der Waals surface area (Å²) in [4.78, 5) is 4.10. The van der Waals surface area contributed by atoms with Crippen LogP contribution in [0.15, 0.2) is 71.8 Å². The van der Waals surface area contributed by atoms with Gasteiger partial charge >= 0.3 is 0 Å². The first-order valence-electron chi connectivity index (χ1n) is 12.0. The molecule has 10 heteroatoms. The highest BCUT2D eigenvalue weighted by Gasteiger charge is 2.21. The van der Waals surface area contributed by atoms with E-state index in [0.717, 1.165) is 40.9 Å². The van der Waals surface area contributed by atoms with Crippen molar-refractivity contribution in [2.75, 3.05) is 0 Å². The van der Waals surface area contributed by atoms with Gasteiger partial charge in [0.05, 0.1) is 28.7 Å². The number of aromatic nitrogens is 2. The lowest BCUT2D eigenvalue weighted by Crippen LogP contribution is -2.08. The van der Waals surface area contributed by atoms with Crippen molar-refractivity contribution >= 4 is 21.7 Å². The van der Waals surface area contributed by atoms with Gasteiger partial charge in [-0.25, -0.2) is 4.98 Å². The van der Waals surface area contributed by atoms with Crippen LogP contribution in [0.25, 0.3) is 11.1 Å². The van der Waals surface area contributed by atoms with E-state index in [9.17, 15) is 18.8 Å². The van der Waals surface area contributed by atoms with Crippen LogP contribution >= 0.6 is 11.6 Å². The van der Waals surface area contributed by atoms with Crippen molar-refractivity contribution in [3.05, 3.63) is 106 Å². The summed E-state index contributed by atoms with van der Waals surface area (Å²) >= 11 is 6.02. The zero-order chi connectivity index (χ0) is 28.6. The van der Waals surface area contributed by atoms with Gasteiger partial charge in [-0.3, -0.25) is 4.55 Å². The zero-order valence-electron chi connectivity index (χ0n) is 21.5. The molecule has 0 saturated heterocycles. The molecule has 0 unspecified atom stereocenters. The Morgan fingerprint density at radius 3 is 2.23 bits per heavy atom. The Morgan fingerprint density at radius 1 is 1.05 bits per heavy atom. The Bertz CT molecular complexity index is 1640. The molecule has 0 spiro atoms. The molecule has 8 nitrogen and oxygen atoms in total. The predicted molar refractivity (Wildman–Crippen MR) is 149 cm³/mol. The van der Waals surface area contributed by atoms with Gasteiger partial charge in [0.2, 0.25) is 0 Å². The molecular weight excluding hydrogens is 536 g/mol. The highest BCUT2D eigenvalue weighted by atomic mass is 35.5. The number of hydrogen-bond donors (Lipinski definition) is 2. The highest BCUT2D eigenvalue weighted by Crippen LogP contribution is 2.34. The van der Waals surface area contributed by atoms with E-state index in [0.29, 0.717) is 28.4 Å². The Labute approximate surface area is 233 Å². The second kappa shape index (κ2) is 13.2. The number of nitriles is 2. The van der Waals surface area contributed by atoms with E-state index in [2.05, 4.69) is 28.6 Å². The van der Waals surface area contributed by atoms with E-state index in [-0.39, 0.29) is 11.5 Å². The van der Waals surface area contributed by atoms with Crippen molar-refractivity contribution in [1.82, 2.24) is 9.55 Å². The monoisotopic (exact) mass is 562 g/mol. The van der Waals surface area contributed by atoms with Gasteiger partial charge in [-0.2, -0.15) is 18.9 Å². The van der Waals surface area contributed by atoms with E-state index < -0.39 is 10.1 Å². The molecule has 2 N–H and O–H groups in total. The van der Waals surface area contributed by atoms with Gasteiger partial charge in [0.15, 0.2) is 0 Å². The summed E-state index contributed by atoms with van der Waals surface area (Å²) < 4.78 is 31.4. The quantitative estimate of drug-likeness (QED) is 0.218. The van der Waals surface area contributed by atoms with Gasteiger partial charge in [0.25, 0.3) is 10.1 Å². The molecule has 2 heterocycles. The van der Waals surface area contributed by atoms with Crippen LogP contribution in [-0.2, 0) is 29.7 Å². The number of nitrogens with zero attached hydrogens (tertiary/aromatic N) is 4. The molecular formula is C29H27ClN4O4S. The zero-order valence-corrected chi connectivity index (χ0v) is 23.0. The van der Waals surface area contributed by atoms with Crippen LogP contribution in [0.5, 0.6) is 0 Å². The average molecular weight is 563 g/mol. The fourth-order valence-corrected chi connectivity index (χ4v) is 4.87. The van der Waals surface area contributed by atoms with Gasteiger partial charge < -0.3 is 9.67 Å². The van der Waals surface area contributed by atoms with E-state index in [4.69, 9.17) is 21.4 Å². The molecule has 0 atom stereocenters. The molecule has 0 radical (unpaired) electrons. The molecule has 39 heavy (non-hydrogen) atoms. The first-order valence-corrected chi connectivity index (χ1v) is 13.9. The van der Waals surface area contributed by atoms with Crippen LogP contribution in [-0.4, -0.2) is 27.6 Å². The molecule has 0 aliphatic heterocycles. The Balaban J connectivity index is 0.000000353. The minimum absolute atomic E-state index is 0.0741. The summed E-state index contributed by atoms with van der Waals surface area (Å²) in [5.74, 6) is 0. The number of aliphatic hydroxyl groups is 1. The first-order chi connectivity index (χ1) is 18.6. The standard InChI is InChI=1S/C23H21ClN4O.C6H6O3S/c1-3-4-21-20(11-26)22(18-7-5-16(10-25)6-8-18)15(2)28(21)13-17-9-19(14-29)23(24)27-12-17;7-10(8,9)6-4-2-1-3-5-6/h5-9,12,29H,3-4,13-14H2,1-2H3;1-5H,(H,7,8,9). The second-order valence-electron chi connectivity index (χ2n) is 8.66. The summed E-state index contributed by atoms with van der Waals surface area (Å²) in [5.41, 5.74) is 6.51. The molecule has 0 aliphatic carbocycles. The van der Waals surface area contributed by atoms with Gasteiger partial charge in [0.1, 0.15) is 11.2 Å². The number of hydrogen-bond acceptors (Lipinski definition) is 6. The molecule has 4 aromatic rings. The summed E-state index contributed by atoms with van der Waals surface area (Å²) in [7, 11) is -4.00. The molecule has 0 bridgehead atoms. The van der Waals surface area contributed by atoms with Crippen LogP contribution < -0.4 is 0 Å². The van der Waals surface area contributed by atoms with E-state index in [1.165, 1.54) is 12.1 Å². The smallest absolute Gasteiger partial charge is 0.294 e. The summed E-state index contributed by atoms with van der Waals surface area (Å²) in [6, 6.07) is 21.1. The number of aliphatic hydroxyl groups excluding tert-OH is 1.